The van der Waals surface area contributed by atoms with Crippen LogP contribution < -0.4 is 0 Å². The van der Waals surface area contributed by atoms with Crippen molar-refractivity contribution in [2.24, 2.45) is 0 Å². The second kappa shape index (κ2) is 13.8. The Morgan fingerprint density at radius 1 is 0.300 bits per heavy atom. The highest BCUT2D eigenvalue weighted by molar-refractivity contribution is 6.08. The highest BCUT2D eigenvalue weighted by Gasteiger charge is 2.20. The molecule has 4 nitrogen and oxygen atoms in total. The van der Waals surface area contributed by atoms with Crippen molar-refractivity contribution in [1.29, 1.82) is 0 Å². The zero-order valence-corrected chi connectivity index (χ0v) is 27.1. The van der Waals surface area contributed by atoms with E-state index < -0.39 is 0 Å². The van der Waals surface area contributed by atoms with Crippen molar-refractivity contribution < 1.29 is 4.79 Å². The number of benzene rings is 7. The molecule has 8 rings (SSSR count). The lowest BCUT2D eigenvalue weighted by atomic mass is 9.94. The van der Waals surface area contributed by atoms with Crippen molar-refractivity contribution >= 4 is 5.78 Å². The first kappa shape index (κ1) is 30.5. The number of nitrogens with zero attached hydrogens (tertiary/aromatic N) is 3. The minimum absolute atomic E-state index is 0.0875. The van der Waals surface area contributed by atoms with Crippen LogP contribution in [0.1, 0.15) is 16.2 Å². The summed E-state index contributed by atoms with van der Waals surface area (Å²) in [6, 6.07) is 62.8. The molecular weight excluding hydrogens is 611 g/mol. The summed E-state index contributed by atoms with van der Waals surface area (Å²) in [7, 11) is 0. The van der Waals surface area contributed by atoms with Crippen molar-refractivity contribution in [3.63, 3.8) is 0 Å². The highest BCUT2D eigenvalue weighted by atomic mass is 16.1. The van der Waals surface area contributed by atoms with E-state index in [1.807, 2.05) is 109 Å². The molecule has 0 radical (unpaired) electrons. The molecule has 7 aromatic carbocycles. The van der Waals surface area contributed by atoms with Crippen LogP contribution in [0.3, 0.4) is 0 Å². The Balaban J connectivity index is 1.29. The van der Waals surface area contributed by atoms with Gasteiger partial charge in [-0.15, -0.1) is 0 Å². The van der Waals surface area contributed by atoms with Gasteiger partial charge in [-0.3, -0.25) is 4.79 Å². The molecule has 236 valence electrons. The SMILES string of the molecule is O=C(c1cc(-c2ccccc2)cc(-c2ccccc2)c1)c1nc(-c2cccc(-c3ccccc3)c2)nc(-c2cccc(-c3ccccc3)c2)n1. The minimum atomic E-state index is -0.275. The molecule has 0 atom stereocenters. The van der Waals surface area contributed by atoms with Crippen molar-refractivity contribution in [3.8, 4) is 67.3 Å². The first-order valence-electron chi connectivity index (χ1n) is 16.6. The number of carbonyl (C=O) groups excluding carboxylic acids is 1. The summed E-state index contributed by atoms with van der Waals surface area (Å²) in [5, 5.41) is 0. The van der Waals surface area contributed by atoms with E-state index >= 15 is 0 Å². The van der Waals surface area contributed by atoms with Crippen LogP contribution in [0, 0.1) is 0 Å². The molecule has 4 heteroatoms. The topological polar surface area (TPSA) is 55.7 Å². The molecule has 0 saturated heterocycles. The van der Waals surface area contributed by atoms with Gasteiger partial charge in [0.25, 0.3) is 0 Å². The monoisotopic (exact) mass is 641 g/mol. The van der Waals surface area contributed by atoms with Crippen LogP contribution in [0.25, 0.3) is 67.3 Å². The van der Waals surface area contributed by atoms with Crippen molar-refractivity contribution in [2.75, 3.05) is 0 Å². The molecule has 0 saturated carbocycles. The molecule has 1 heterocycles. The van der Waals surface area contributed by atoms with E-state index in [0.29, 0.717) is 17.2 Å². The summed E-state index contributed by atoms with van der Waals surface area (Å²) in [5.41, 5.74) is 10.3. The summed E-state index contributed by atoms with van der Waals surface area (Å²) >= 11 is 0. The van der Waals surface area contributed by atoms with Crippen molar-refractivity contribution in [2.45, 2.75) is 0 Å². The van der Waals surface area contributed by atoms with Gasteiger partial charge in [-0.2, -0.15) is 0 Å². The van der Waals surface area contributed by atoms with E-state index in [1.54, 1.807) is 0 Å². The second-order valence-corrected chi connectivity index (χ2v) is 12.1. The van der Waals surface area contributed by atoms with Gasteiger partial charge in [-0.1, -0.05) is 158 Å². The van der Waals surface area contributed by atoms with Crippen molar-refractivity contribution in [1.82, 2.24) is 15.0 Å². The molecule has 50 heavy (non-hydrogen) atoms. The fourth-order valence-corrected chi connectivity index (χ4v) is 6.15. The third-order valence-corrected chi connectivity index (χ3v) is 8.70. The molecule has 0 spiro atoms. The van der Waals surface area contributed by atoms with Gasteiger partial charge >= 0.3 is 0 Å². The Hall–Kier alpha value is -6.78. The van der Waals surface area contributed by atoms with E-state index in [-0.39, 0.29) is 11.6 Å². The third kappa shape index (κ3) is 6.51. The molecular formula is C46H31N3O. The predicted molar refractivity (Wildman–Crippen MR) is 202 cm³/mol. The summed E-state index contributed by atoms with van der Waals surface area (Å²) < 4.78 is 0. The van der Waals surface area contributed by atoms with Crippen LogP contribution >= 0.6 is 0 Å². The average molecular weight is 642 g/mol. The summed E-state index contributed by atoms with van der Waals surface area (Å²) in [6.07, 6.45) is 0. The lowest BCUT2D eigenvalue weighted by molar-refractivity contribution is 0.102. The number of hydrogen-bond donors (Lipinski definition) is 0. The predicted octanol–water partition coefficient (Wildman–Crippen LogP) is 11.1. The first-order valence-corrected chi connectivity index (χ1v) is 16.6. The number of carbonyl (C=O) groups is 1. The molecule has 8 aromatic rings. The lowest BCUT2D eigenvalue weighted by Crippen LogP contribution is -2.11. The van der Waals surface area contributed by atoms with Crippen LogP contribution in [-0.4, -0.2) is 20.7 Å². The summed E-state index contributed by atoms with van der Waals surface area (Å²) in [6.45, 7) is 0. The van der Waals surface area contributed by atoms with E-state index in [9.17, 15) is 4.79 Å². The molecule has 0 aliphatic rings. The van der Waals surface area contributed by atoms with Crippen LogP contribution in [-0.2, 0) is 0 Å². The average Bonchev–Trinajstić information content (AvgIpc) is 3.21. The maximum atomic E-state index is 14.6. The van der Waals surface area contributed by atoms with Crippen LogP contribution in [0.5, 0.6) is 0 Å². The number of ketones is 1. The van der Waals surface area contributed by atoms with Gasteiger partial charge in [0.05, 0.1) is 0 Å². The third-order valence-electron chi connectivity index (χ3n) is 8.70. The molecule has 0 unspecified atom stereocenters. The van der Waals surface area contributed by atoms with Gasteiger partial charge in [0.2, 0.25) is 11.6 Å². The van der Waals surface area contributed by atoms with Gasteiger partial charge in [0, 0.05) is 16.7 Å². The fraction of sp³-hybridized carbons (Fsp3) is 0. The van der Waals surface area contributed by atoms with Gasteiger partial charge in [-0.25, -0.2) is 15.0 Å². The van der Waals surface area contributed by atoms with Gasteiger partial charge in [0.15, 0.2) is 11.6 Å². The highest BCUT2D eigenvalue weighted by Crippen LogP contribution is 2.31. The number of hydrogen-bond acceptors (Lipinski definition) is 4. The van der Waals surface area contributed by atoms with E-state index in [4.69, 9.17) is 15.0 Å². The van der Waals surface area contributed by atoms with E-state index in [2.05, 4.69) is 78.9 Å². The number of aromatic nitrogens is 3. The van der Waals surface area contributed by atoms with Crippen molar-refractivity contribution in [3.05, 3.63) is 199 Å². The molecule has 0 N–H and O–H groups in total. The van der Waals surface area contributed by atoms with E-state index in [0.717, 1.165) is 55.6 Å². The standard InChI is InChI=1S/C46H31N3O/c50-43(42-30-40(34-19-9-3-10-20-34)29-41(31-42)35-21-11-4-12-22-35)46-48-44(38-25-13-23-36(27-38)32-15-5-1-6-16-32)47-45(49-46)39-26-14-24-37(28-39)33-17-7-2-8-18-33/h1-31H. The Kier molecular flexibility index (Phi) is 8.40. The normalized spacial score (nSPS) is 10.9. The quantitative estimate of drug-likeness (QED) is 0.155. The molecule has 0 aliphatic heterocycles. The maximum absolute atomic E-state index is 14.6. The van der Waals surface area contributed by atoms with Crippen LogP contribution in [0.15, 0.2) is 188 Å². The summed E-state index contributed by atoms with van der Waals surface area (Å²) in [4.78, 5) is 29.3. The molecule has 0 aliphatic carbocycles. The molecule has 1 aromatic heterocycles. The first-order chi connectivity index (χ1) is 24.7. The Morgan fingerprint density at radius 3 is 1.02 bits per heavy atom. The second-order valence-electron chi connectivity index (χ2n) is 12.1. The largest absolute Gasteiger partial charge is 0.285 e. The summed E-state index contributed by atoms with van der Waals surface area (Å²) in [5.74, 6) is 0.681. The number of rotatable bonds is 8. The van der Waals surface area contributed by atoms with Gasteiger partial charge in [0.1, 0.15) is 0 Å². The zero-order chi connectivity index (χ0) is 33.7. The van der Waals surface area contributed by atoms with Crippen LogP contribution in [0.4, 0.5) is 0 Å². The Bertz CT molecular complexity index is 2270. The molecule has 0 amide bonds. The van der Waals surface area contributed by atoms with Crippen LogP contribution in [0.2, 0.25) is 0 Å². The Labute approximate surface area is 291 Å². The lowest BCUT2D eigenvalue weighted by Gasteiger charge is -2.12. The maximum Gasteiger partial charge on any atom is 0.230 e. The van der Waals surface area contributed by atoms with Gasteiger partial charge < -0.3 is 0 Å². The zero-order valence-electron chi connectivity index (χ0n) is 27.1. The Morgan fingerprint density at radius 2 is 0.620 bits per heavy atom. The van der Waals surface area contributed by atoms with Gasteiger partial charge in [-0.05, 0) is 74.8 Å². The smallest absolute Gasteiger partial charge is 0.230 e. The molecule has 0 bridgehead atoms. The fourth-order valence-electron chi connectivity index (χ4n) is 6.15. The van der Waals surface area contributed by atoms with E-state index in [1.165, 1.54) is 0 Å². The minimum Gasteiger partial charge on any atom is -0.285 e. The molecule has 0 fully saturated rings.